The van der Waals surface area contributed by atoms with Crippen LogP contribution in [0.25, 0.3) is 0 Å². The average molecular weight is 329 g/mol. The molecule has 2 aliphatic heterocycles. The molecular weight excluding hydrogens is 306 g/mol. The fourth-order valence-corrected chi connectivity index (χ4v) is 3.89. The fraction of sp³-hybridized carbons (Fsp3) is 0.556. The van der Waals surface area contributed by atoms with Crippen LogP contribution in [0.15, 0.2) is 12.1 Å². The van der Waals surface area contributed by atoms with E-state index in [1.807, 2.05) is 6.92 Å². The normalized spacial score (nSPS) is 26.4. The zero-order chi connectivity index (χ0) is 17.3. The van der Waals surface area contributed by atoms with Crippen LogP contribution in [-0.4, -0.2) is 48.2 Å². The number of benzene rings is 1. The topological polar surface area (TPSA) is 85.6 Å². The highest BCUT2D eigenvalue weighted by molar-refractivity contribution is 5.83. The van der Waals surface area contributed by atoms with Crippen molar-refractivity contribution in [2.75, 3.05) is 20.2 Å². The number of hydrogen-bond donors (Lipinski definition) is 2. The molecule has 128 valence electrons. The Kier molecular flexibility index (Phi) is 4.63. The first-order valence-corrected chi connectivity index (χ1v) is 8.36. The average Bonchev–Trinajstić information content (AvgIpc) is 3.25. The molecule has 2 fully saturated rings. The SMILES string of the molecule is COc1ccc(O)c(C)c1[C@@H]1CN[C@H](C(=O)N2CCC[C@H]2C#N)C1. The summed E-state index contributed by atoms with van der Waals surface area (Å²) in [6.45, 7) is 3.19. The highest BCUT2D eigenvalue weighted by atomic mass is 16.5. The van der Waals surface area contributed by atoms with Crippen LogP contribution in [0.1, 0.15) is 36.3 Å². The standard InChI is InChI=1S/C18H23N3O3/c1-11-15(22)5-6-16(24-2)17(11)12-8-14(20-10-12)18(23)21-7-3-4-13(21)9-19/h5-6,12-14,20,22H,3-4,7-8,10H2,1-2H3/t12-,13-,14-/m0/s1. The summed E-state index contributed by atoms with van der Waals surface area (Å²) in [6, 6.07) is 5.03. The van der Waals surface area contributed by atoms with Crippen molar-refractivity contribution in [1.82, 2.24) is 10.2 Å². The van der Waals surface area contributed by atoms with Crippen molar-refractivity contribution < 1.29 is 14.6 Å². The molecule has 0 aliphatic carbocycles. The Bertz CT molecular complexity index is 683. The molecule has 0 radical (unpaired) electrons. The van der Waals surface area contributed by atoms with E-state index in [1.165, 1.54) is 0 Å². The summed E-state index contributed by atoms with van der Waals surface area (Å²) in [5, 5.41) is 22.5. The first kappa shape index (κ1) is 16.6. The van der Waals surface area contributed by atoms with Gasteiger partial charge in [0.15, 0.2) is 0 Å². The molecule has 0 spiro atoms. The van der Waals surface area contributed by atoms with Crippen molar-refractivity contribution in [2.45, 2.75) is 44.2 Å². The van der Waals surface area contributed by atoms with Gasteiger partial charge < -0.3 is 20.1 Å². The molecule has 2 heterocycles. The first-order chi connectivity index (χ1) is 11.6. The van der Waals surface area contributed by atoms with Gasteiger partial charge in [0, 0.05) is 24.6 Å². The molecule has 0 bridgehead atoms. The number of nitrogens with one attached hydrogen (secondary N) is 1. The van der Waals surface area contributed by atoms with Gasteiger partial charge >= 0.3 is 0 Å². The molecule has 2 aliphatic rings. The Morgan fingerprint density at radius 3 is 3.00 bits per heavy atom. The van der Waals surface area contributed by atoms with Crippen LogP contribution < -0.4 is 10.1 Å². The molecule has 0 aromatic heterocycles. The Morgan fingerprint density at radius 2 is 2.29 bits per heavy atom. The molecule has 0 saturated carbocycles. The molecule has 24 heavy (non-hydrogen) atoms. The smallest absolute Gasteiger partial charge is 0.240 e. The molecular formula is C18H23N3O3. The van der Waals surface area contributed by atoms with Gasteiger partial charge in [-0.2, -0.15) is 5.26 Å². The summed E-state index contributed by atoms with van der Waals surface area (Å²) in [6.07, 6.45) is 2.30. The molecule has 6 nitrogen and oxygen atoms in total. The van der Waals surface area contributed by atoms with Gasteiger partial charge in [-0.25, -0.2) is 0 Å². The Labute approximate surface area is 142 Å². The second-order valence-corrected chi connectivity index (χ2v) is 6.54. The number of phenols is 1. The summed E-state index contributed by atoms with van der Waals surface area (Å²) in [5.74, 6) is 1.09. The molecule has 1 aromatic rings. The number of carbonyl (C=O) groups is 1. The molecule has 2 N–H and O–H groups in total. The lowest BCUT2D eigenvalue weighted by atomic mass is 9.91. The van der Waals surface area contributed by atoms with Crippen molar-refractivity contribution in [3.8, 4) is 17.6 Å². The minimum atomic E-state index is -0.296. The number of phenolic OH excluding ortho intramolecular Hbond substituents is 1. The van der Waals surface area contributed by atoms with Gasteiger partial charge in [0.2, 0.25) is 5.91 Å². The Balaban J connectivity index is 1.78. The number of methoxy groups -OCH3 is 1. The number of aromatic hydroxyl groups is 1. The summed E-state index contributed by atoms with van der Waals surface area (Å²) >= 11 is 0. The van der Waals surface area contributed by atoms with E-state index >= 15 is 0 Å². The monoisotopic (exact) mass is 329 g/mol. The van der Waals surface area contributed by atoms with Crippen molar-refractivity contribution in [3.05, 3.63) is 23.3 Å². The van der Waals surface area contributed by atoms with Crippen LogP contribution in [0.4, 0.5) is 0 Å². The van der Waals surface area contributed by atoms with Gasteiger partial charge in [-0.1, -0.05) is 0 Å². The number of carbonyl (C=O) groups excluding carboxylic acids is 1. The highest BCUT2D eigenvalue weighted by Crippen LogP contribution is 2.39. The van der Waals surface area contributed by atoms with Gasteiger partial charge in [-0.15, -0.1) is 0 Å². The molecule has 1 aromatic carbocycles. The summed E-state index contributed by atoms with van der Waals surface area (Å²) in [7, 11) is 1.61. The van der Waals surface area contributed by atoms with E-state index in [9.17, 15) is 15.2 Å². The number of ether oxygens (including phenoxy) is 1. The van der Waals surface area contributed by atoms with Crippen LogP contribution >= 0.6 is 0 Å². The molecule has 6 heteroatoms. The maximum absolute atomic E-state index is 12.7. The first-order valence-electron chi connectivity index (χ1n) is 8.36. The van der Waals surface area contributed by atoms with E-state index < -0.39 is 0 Å². The van der Waals surface area contributed by atoms with E-state index in [0.29, 0.717) is 19.5 Å². The fourth-order valence-electron chi connectivity index (χ4n) is 3.89. The Morgan fingerprint density at radius 1 is 1.50 bits per heavy atom. The van der Waals surface area contributed by atoms with Crippen LogP contribution in [0.5, 0.6) is 11.5 Å². The van der Waals surface area contributed by atoms with Gasteiger partial charge in [0.25, 0.3) is 0 Å². The van der Waals surface area contributed by atoms with Crippen LogP contribution in [0.2, 0.25) is 0 Å². The van der Waals surface area contributed by atoms with Crippen molar-refractivity contribution >= 4 is 5.91 Å². The minimum absolute atomic E-state index is 0.0123. The summed E-state index contributed by atoms with van der Waals surface area (Å²) < 4.78 is 5.45. The van der Waals surface area contributed by atoms with Crippen molar-refractivity contribution in [1.29, 1.82) is 5.26 Å². The number of hydrogen-bond acceptors (Lipinski definition) is 5. The lowest BCUT2D eigenvalue weighted by Gasteiger charge is -2.23. The Hall–Kier alpha value is -2.26. The van der Waals surface area contributed by atoms with Gasteiger partial charge in [-0.05, 0) is 43.9 Å². The van der Waals surface area contributed by atoms with Crippen molar-refractivity contribution in [2.24, 2.45) is 0 Å². The third kappa shape index (κ3) is 2.80. The molecule has 2 saturated heterocycles. The van der Waals surface area contributed by atoms with E-state index in [1.54, 1.807) is 24.1 Å². The lowest BCUT2D eigenvalue weighted by molar-refractivity contribution is -0.133. The van der Waals surface area contributed by atoms with Gasteiger partial charge in [-0.3, -0.25) is 4.79 Å². The summed E-state index contributed by atoms with van der Waals surface area (Å²) in [5.41, 5.74) is 1.75. The molecule has 1 amide bonds. The van der Waals surface area contributed by atoms with Crippen LogP contribution in [0.3, 0.4) is 0 Å². The van der Waals surface area contributed by atoms with Crippen LogP contribution in [-0.2, 0) is 4.79 Å². The number of nitrogens with zero attached hydrogens (tertiary/aromatic N) is 2. The second-order valence-electron chi connectivity index (χ2n) is 6.54. The zero-order valence-electron chi connectivity index (χ0n) is 14.1. The largest absolute Gasteiger partial charge is 0.508 e. The number of rotatable bonds is 3. The van der Waals surface area contributed by atoms with E-state index in [4.69, 9.17) is 4.74 Å². The third-order valence-corrected chi connectivity index (χ3v) is 5.19. The molecule has 0 unspecified atom stereocenters. The highest BCUT2D eigenvalue weighted by Gasteiger charge is 2.38. The number of nitriles is 1. The molecule has 3 rings (SSSR count). The second kappa shape index (κ2) is 6.70. The van der Waals surface area contributed by atoms with Crippen molar-refractivity contribution in [3.63, 3.8) is 0 Å². The van der Waals surface area contributed by atoms with E-state index in [-0.39, 0.29) is 29.7 Å². The minimum Gasteiger partial charge on any atom is -0.508 e. The van der Waals surface area contributed by atoms with E-state index in [0.717, 1.165) is 29.7 Å². The lowest BCUT2D eigenvalue weighted by Crippen LogP contribution is -2.45. The predicted molar refractivity (Wildman–Crippen MR) is 88.9 cm³/mol. The third-order valence-electron chi connectivity index (χ3n) is 5.19. The van der Waals surface area contributed by atoms with Gasteiger partial charge in [0.1, 0.15) is 17.5 Å². The predicted octanol–water partition coefficient (Wildman–Crippen LogP) is 1.67. The van der Waals surface area contributed by atoms with Gasteiger partial charge in [0.05, 0.1) is 19.2 Å². The molecule has 3 atom stereocenters. The van der Waals surface area contributed by atoms with E-state index in [2.05, 4.69) is 11.4 Å². The van der Waals surface area contributed by atoms with Crippen LogP contribution in [0, 0.1) is 18.3 Å². The number of amides is 1. The number of likely N-dealkylation sites (tertiary alicyclic amines) is 1. The maximum Gasteiger partial charge on any atom is 0.240 e. The summed E-state index contributed by atoms with van der Waals surface area (Å²) in [4.78, 5) is 14.4. The zero-order valence-corrected chi connectivity index (χ0v) is 14.1. The quantitative estimate of drug-likeness (QED) is 0.881. The maximum atomic E-state index is 12.7.